The lowest BCUT2D eigenvalue weighted by Crippen LogP contribution is -2.54. The van der Waals surface area contributed by atoms with E-state index in [1.807, 2.05) is 44.2 Å². The maximum Gasteiger partial charge on any atom is 0.264 e. The van der Waals surface area contributed by atoms with Gasteiger partial charge in [0, 0.05) is 29.1 Å². The van der Waals surface area contributed by atoms with Crippen molar-refractivity contribution in [2.75, 3.05) is 10.8 Å². The molecular formula is C34H34Cl2FN3O4S. The molecule has 0 aliphatic heterocycles. The van der Waals surface area contributed by atoms with Gasteiger partial charge in [0.15, 0.2) is 0 Å². The van der Waals surface area contributed by atoms with Crippen molar-refractivity contribution in [3.05, 3.63) is 130 Å². The van der Waals surface area contributed by atoms with Crippen molar-refractivity contribution in [2.45, 2.75) is 50.2 Å². The van der Waals surface area contributed by atoms with Crippen LogP contribution in [0.15, 0.2) is 108 Å². The quantitative estimate of drug-likeness (QED) is 0.168. The Labute approximate surface area is 273 Å². The number of halogens is 3. The van der Waals surface area contributed by atoms with Crippen LogP contribution in [0, 0.1) is 5.82 Å². The van der Waals surface area contributed by atoms with Gasteiger partial charge >= 0.3 is 0 Å². The molecule has 4 aromatic carbocycles. The third-order valence-electron chi connectivity index (χ3n) is 7.36. The molecular weight excluding hydrogens is 636 g/mol. The van der Waals surface area contributed by atoms with Crippen molar-refractivity contribution in [3.63, 3.8) is 0 Å². The summed E-state index contributed by atoms with van der Waals surface area (Å²) in [5, 5.41) is 3.62. The fourth-order valence-corrected chi connectivity index (χ4v) is 6.63. The predicted molar refractivity (Wildman–Crippen MR) is 176 cm³/mol. The Hall–Kier alpha value is -3.92. The number of hydrogen-bond donors (Lipinski definition) is 1. The average Bonchev–Trinajstić information content (AvgIpc) is 3.03. The molecule has 0 aromatic heterocycles. The zero-order chi connectivity index (χ0) is 32.6. The molecule has 0 heterocycles. The average molecular weight is 671 g/mol. The standard InChI is InChI=1S/C34H34Cl2FN3O4S/c1-3-24(2)38-34(42)32(20-25-12-6-4-7-13-25)39(22-26-18-19-27(35)21-29(26)36)33(41)23-40(31-17-11-10-16-30(31)37)45(43,44)28-14-8-5-9-15-28/h4-19,21,24,32H,3,20,22-23H2,1-2H3,(H,38,42)/t24-,32+/m0/s1. The van der Waals surface area contributed by atoms with Gasteiger partial charge in [0.1, 0.15) is 18.4 Å². The Morgan fingerprint density at radius 1 is 0.889 bits per heavy atom. The molecule has 0 fully saturated rings. The number of benzene rings is 4. The van der Waals surface area contributed by atoms with Gasteiger partial charge in [-0.3, -0.25) is 13.9 Å². The Balaban J connectivity index is 1.83. The van der Waals surface area contributed by atoms with Crippen LogP contribution in [0.1, 0.15) is 31.4 Å². The molecule has 2 amide bonds. The molecule has 11 heteroatoms. The summed E-state index contributed by atoms with van der Waals surface area (Å²) in [6, 6.07) is 25.5. The van der Waals surface area contributed by atoms with Gasteiger partial charge in [0.2, 0.25) is 11.8 Å². The first-order valence-corrected chi connectivity index (χ1v) is 16.6. The summed E-state index contributed by atoms with van der Waals surface area (Å²) in [5.41, 5.74) is 0.972. The van der Waals surface area contributed by atoms with E-state index in [1.165, 1.54) is 53.4 Å². The van der Waals surface area contributed by atoms with Gasteiger partial charge in [-0.25, -0.2) is 12.8 Å². The lowest BCUT2D eigenvalue weighted by Gasteiger charge is -2.34. The van der Waals surface area contributed by atoms with Crippen LogP contribution >= 0.6 is 23.2 Å². The number of anilines is 1. The van der Waals surface area contributed by atoms with Gasteiger partial charge in [0.25, 0.3) is 10.0 Å². The number of amides is 2. The Bertz CT molecular complexity index is 1730. The molecule has 0 aliphatic rings. The van der Waals surface area contributed by atoms with Gasteiger partial charge in [-0.1, -0.05) is 96.9 Å². The minimum Gasteiger partial charge on any atom is -0.352 e. The van der Waals surface area contributed by atoms with E-state index in [2.05, 4.69) is 5.32 Å². The lowest BCUT2D eigenvalue weighted by atomic mass is 10.0. The van der Waals surface area contributed by atoms with Crippen LogP contribution in [0.25, 0.3) is 0 Å². The fourth-order valence-electron chi connectivity index (χ4n) is 4.72. The van der Waals surface area contributed by atoms with E-state index in [0.717, 1.165) is 15.9 Å². The highest BCUT2D eigenvalue weighted by Crippen LogP contribution is 2.28. The van der Waals surface area contributed by atoms with Crippen molar-refractivity contribution in [1.82, 2.24) is 10.2 Å². The molecule has 236 valence electrons. The monoisotopic (exact) mass is 669 g/mol. The highest BCUT2D eigenvalue weighted by molar-refractivity contribution is 7.92. The molecule has 4 rings (SSSR count). The number of sulfonamides is 1. The third kappa shape index (κ3) is 8.63. The second-order valence-corrected chi connectivity index (χ2v) is 13.3. The van der Waals surface area contributed by atoms with Crippen molar-refractivity contribution < 1.29 is 22.4 Å². The molecule has 0 bridgehead atoms. The lowest BCUT2D eigenvalue weighted by molar-refractivity contribution is -0.140. The maximum absolute atomic E-state index is 15.2. The van der Waals surface area contributed by atoms with Gasteiger partial charge in [-0.2, -0.15) is 0 Å². The van der Waals surface area contributed by atoms with E-state index in [1.54, 1.807) is 18.2 Å². The second-order valence-electron chi connectivity index (χ2n) is 10.6. The summed E-state index contributed by atoms with van der Waals surface area (Å²) in [4.78, 5) is 29.5. The first-order valence-electron chi connectivity index (χ1n) is 14.4. The molecule has 0 saturated carbocycles. The Morgan fingerprint density at radius 2 is 1.51 bits per heavy atom. The topological polar surface area (TPSA) is 86.8 Å². The van der Waals surface area contributed by atoms with E-state index >= 15 is 4.39 Å². The number of nitrogens with one attached hydrogen (secondary N) is 1. The van der Waals surface area contributed by atoms with E-state index in [0.29, 0.717) is 17.0 Å². The maximum atomic E-state index is 15.2. The number of nitrogens with zero attached hydrogens (tertiary/aromatic N) is 2. The van der Waals surface area contributed by atoms with E-state index < -0.39 is 40.2 Å². The van der Waals surface area contributed by atoms with Crippen molar-refractivity contribution in [2.24, 2.45) is 0 Å². The van der Waals surface area contributed by atoms with Gasteiger partial charge in [-0.05, 0) is 60.9 Å². The first kappa shape index (κ1) is 34.0. The molecule has 45 heavy (non-hydrogen) atoms. The number of hydrogen-bond acceptors (Lipinski definition) is 4. The summed E-state index contributed by atoms with van der Waals surface area (Å²) in [5.74, 6) is -1.98. The summed E-state index contributed by atoms with van der Waals surface area (Å²) < 4.78 is 43.8. The summed E-state index contributed by atoms with van der Waals surface area (Å²) in [6.45, 7) is 2.85. The largest absolute Gasteiger partial charge is 0.352 e. The fraction of sp³-hybridized carbons (Fsp3) is 0.235. The van der Waals surface area contributed by atoms with Crippen LogP contribution in [-0.4, -0.2) is 43.8 Å². The normalized spacial score (nSPS) is 12.6. The van der Waals surface area contributed by atoms with E-state index in [4.69, 9.17) is 23.2 Å². The van der Waals surface area contributed by atoms with Crippen LogP contribution < -0.4 is 9.62 Å². The molecule has 0 unspecified atom stereocenters. The molecule has 4 aromatic rings. The molecule has 0 spiro atoms. The predicted octanol–water partition coefficient (Wildman–Crippen LogP) is 6.88. The second kappa shape index (κ2) is 15.4. The van der Waals surface area contributed by atoms with Crippen molar-refractivity contribution in [3.8, 4) is 0 Å². The van der Waals surface area contributed by atoms with E-state index in [9.17, 15) is 18.0 Å². The zero-order valence-corrected chi connectivity index (χ0v) is 27.2. The first-order chi connectivity index (χ1) is 21.5. The smallest absolute Gasteiger partial charge is 0.264 e. The molecule has 7 nitrogen and oxygen atoms in total. The number of para-hydroxylation sites is 1. The summed E-state index contributed by atoms with van der Waals surface area (Å²) in [7, 11) is -4.42. The molecule has 0 radical (unpaired) electrons. The van der Waals surface area contributed by atoms with Crippen LogP contribution in [0.3, 0.4) is 0 Å². The van der Waals surface area contributed by atoms with Crippen LogP contribution in [0.5, 0.6) is 0 Å². The molecule has 2 atom stereocenters. The van der Waals surface area contributed by atoms with Crippen molar-refractivity contribution in [1.29, 1.82) is 0 Å². The molecule has 0 saturated heterocycles. The van der Waals surface area contributed by atoms with Crippen LogP contribution in [0.2, 0.25) is 10.0 Å². The number of carbonyl (C=O) groups excluding carboxylic acids is 2. The third-order valence-corrected chi connectivity index (χ3v) is 9.72. The number of rotatable bonds is 13. The van der Waals surface area contributed by atoms with Crippen molar-refractivity contribution >= 4 is 50.7 Å². The minimum absolute atomic E-state index is 0.122. The summed E-state index contributed by atoms with van der Waals surface area (Å²) >= 11 is 12.7. The molecule has 0 aliphatic carbocycles. The Morgan fingerprint density at radius 3 is 2.13 bits per heavy atom. The Kier molecular flexibility index (Phi) is 11.6. The van der Waals surface area contributed by atoms with E-state index in [-0.39, 0.29) is 34.6 Å². The highest BCUT2D eigenvalue weighted by atomic mass is 35.5. The molecule has 1 N–H and O–H groups in total. The minimum atomic E-state index is -4.42. The zero-order valence-electron chi connectivity index (χ0n) is 24.9. The number of carbonyl (C=O) groups is 2. The SMILES string of the molecule is CC[C@H](C)NC(=O)[C@@H](Cc1ccccc1)N(Cc1ccc(Cl)cc1Cl)C(=O)CN(c1ccccc1F)S(=O)(=O)c1ccccc1. The van der Waals surface area contributed by atoms with Crippen LogP contribution in [0.4, 0.5) is 10.1 Å². The van der Waals surface area contributed by atoms with Gasteiger partial charge < -0.3 is 10.2 Å². The van der Waals surface area contributed by atoms with Gasteiger partial charge in [-0.15, -0.1) is 0 Å². The summed E-state index contributed by atoms with van der Waals surface area (Å²) in [6.07, 6.45) is 0.780. The van der Waals surface area contributed by atoms with Crippen LogP contribution in [-0.2, 0) is 32.6 Å². The van der Waals surface area contributed by atoms with Gasteiger partial charge in [0.05, 0.1) is 10.6 Å². The highest BCUT2D eigenvalue weighted by Gasteiger charge is 2.36.